The quantitative estimate of drug-likeness (QED) is 0.891. The molecule has 0 bridgehead atoms. The number of hydrogen-bond donors (Lipinski definition) is 1. The second-order valence-corrected chi connectivity index (χ2v) is 7.04. The van der Waals surface area contributed by atoms with Gasteiger partial charge in [0.15, 0.2) is 11.6 Å². The third-order valence-electron chi connectivity index (χ3n) is 5.20. The molecule has 1 N–H and O–H groups in total. The molecule has 26 heavy (non-hydrogen) atoms. The van der Waals surface area contributed by atoms with Gasteiger partial charge in [-0.1, -0.05) is 0 Å². The predicted molar refractivity (Wildman–Crippen MR) is 101 cm³/mol. The first-order chi connectivity index (χ1) is 12.6. The van der Waals surface area contributed by atoms with E-state index in [1.54, 1.807) is 6.07 Å². The van der Waals surface area contributed by atoms with E-state index in [9.17, 15) is 8.78 Å². The lowest BCUT2D eigenvalue weighted by molar-refractivity contribution is 0.343. The van der Waals surface area contributed by atoms with Crippen molar-refractivity contribution in [1.82, 2.24) is 10.2 Å². The van der Waals surface area contributed by atoms with E-state index < -0.39 is 11.6 Å². The molecule has 0 spiro atoms. The second kappa shape index (κ2) is 7.21. The van der Waals surface area contributed by atoms with Crippen molar-refractivity contribution >= 4 is 17.1 Å². The average molecular weight is 358 g/mol. The largest absolute Gasteiger partial charge is 0.369 e. The van der Waals surface area contributed by atoms with Gasteiger partial charge >= 0.3 is 0 Å². The molecule has 4 nitrogen and oxygen atoms in total. The van der Waals surface area contributed by atoms with Gasteiger partial charge in [0.1, 0.15) is 0 Å². The summed E-state index contributed by atoms with van der Waals surface area (Å²) in [5, 5.41) is 3.38. The van der Waals surface area contributed by atoms with Gasteiger partial charge in [-0.15, -0.1) is 0 Å². The first kappa shape index (κ1) is 17.2. The molecule has 0 aromatic heterocycles. The number of halogens is 2. The lowest BCUT2D eigenvalue weighted by Gasteiger charge is -2.31. The van der Waals surface area contributed by atoms with Crippen LogP contribution in [0.15, 0.2) is 36.4 Å². The average Bonchev–Trinajstić information content (AvgIpc) is 2.82. The molecule has 0 saturated carbocycles. The predicted octanol–water partition coefficient (Wildman–Crippen LogP) is 2.96. The van der Waals surface area contributed by atoms with Gasteiger partial charge in [-0.2, -0.15) is 0 Å². The number of hydrogen-bond acceptors (Lipinski definition) is 4. The van der Waals surface area contributed by atoms with Crippen molar-refractivity contribution in [3.63, 3.8) is 0 Å². The Bertz CT molecular complexity index is 789. The molecule has 2 heterocycles. The third-order valence-corrected chi connectivity index (χ3v) is 5.20. The number of piperazine rings is 1. The molecule has 0 unspecified atom stereocenters. The van der Waals surface area contributed by atoms with Gasteiger partial charge < -0.3 is 20.0 Å². The molecule has 2 aliphatic heterocycles. The van der Waals surface area contributed by atoms with Gasteiger partial charge in [-0.05, 0) is 42.9 Å². The summed E-state index contributed by atoms with van der Waals surface area (Å²) < 4.78 is 27.1. The van der Waals surface area contributed by atoms with Gasteiger partial charge in [0, 0.05) is 68.9 Å². The van der Waals surface area contributed by atoms with E-state index in [-0.39, 0.29) is 0 Å². The molecule has 1 fully saturated rings. The molecular formula is C20H24F2N4. The zero-order chi connectivity index (χ0) is 18.1. The fourth-order valence-corrected chi connectivity index (χ4v) is 3.76. The summed E-state index contributed by atoms with van der Waals surface area (Å²) in [4.78, 5) is 6.74. The molecule has 4 rings (SSSR count). The van der Waals surface area contributed by atoms with E-state index in [1.807, 2.05) is 0 Å². The molecule has 1 saturated heterocycles. The van der Waals surface area contributed by atoms with Gasteiger partial charge in [-0.3, -0.25) is 0 Å². The number of fused-ring (bicyclic) bond motifs is 1. The highest BCUT2D eigenvalue weighted by molar-refractivity contribution is 5.70. The Balaban J connectivity index is 1.71. The first-order valence-electron chi connectivity index (χ1n) is 9.11. The summed E-state index contributed by atoms with van der Waals surface area (Å²) in [5.74, 6) is -1.62. The van der Waals surface area contributed by atoms with Crippen LogP contribution in [0, 0.1) is 11.6 Å². The van der Waals surface area contributed by atoms with Crippen LogP contribution in [-0.4, -0.2) is 51.2 Å². The molecule has 0 atom stereocenters. The highest BCUT2D eigenvalue weighted by atomic mass is 19.2. The van der Waals surface area contributed by atoms with Crippen LogP contribution < -0.4 is 15.1 Å². The molecule has 138 valence electrons. The van der Waals surface area contributed by atoms with E-state index >= 15 is 0 Å². The van der Waals surface area contributed by atoms with E-state index in [1.165, 1.54) is 23.4 Å². The molecule has 2 aliphatic rings. The molecular weight excluding hydrogens is 334 g/mol. The summed E-state index contributed by atoms with van der Waals surface area (Å²) >= 11 is 0. The topological polar surface area (TPSA) is 21.8 Å². The van der Waals surface area contributed by atoms with Crippen LogP contribution in [0.2, 0.25) is 0 Å². The Morgan fingerprint density at radius 2 is 1.62 bits per heavy atom. The van der Waals surface area contributed by atoms with E-state index in [2.05, 4.69) is 45.3 Å². The molecule has 6 heteroatoms. The van der Waals surface area contributed by atoms with E-state index in [0.29, 0.717) is 5.69 Å². The monoisotopic (exact) mass is 358 g/mol. The Hall–Kier alpha value is -2.18. The minimum Gasteiger partial charge on any atom is -0.369 e. The zero-order valence-electron chi connectivity index (χ0n) is 15.0. The van der Waals surface area contributed by atoms with Crippen molar-refractivity contribution < 1.29 is 8.78 Å². The summed E-state index contributed by atoms with van der Waals surface area (Å²) in [5.41, 5.74) is 4.20. The van der Waals surface area contributed by atoms with Crippen LogP contribution in [0.1, 0.15) is 5.56 Å². The Morgan fingerprint density at radius 3 is 2.38 bits per heavy atom. The van der Waals surface area contributed by atoms with E-state index in [0.717, 1.165) is 51.5 Å². The van der Waals surface area contributed by atoms with Gasteiger partial charge in [0.05, 0.1) is 0 Å². The summed E-state index contributed by atoms with van der Waals surface area (Å²) in [6, 6.07) is 10.6. The first-order valence-corrected chi connectivity index (χ1v) is 9.11. The molecule has 0 aliphatic carbocycles. The maximum absolute atomic E-state index is 13.8. The van der Waals surface area contributed by atoms with E-state index in [4.69, 9.17) is 0 Å². The van der Waals surface area contributed by atoms with Crippen LogP contribution in [0.4, 0.5) is 25.8 Å². The maximum atomic E-state index is 13.8. The maximum Gasteiger partial charge on any atom is 0.160 e. The Kier molecular flexibility index (Phi) is 4.78. The van der Waals surface area contributed by atoms with Crippen LogP contribution >= 0.6 is 0 Å². The molecule has 2 aromatic rings. The van der Waals surface area contributed by atoms with Gasteiger partial charge in [0.2, 0.25) is 0 Å². The van der Waals surface area contributed by atoms with Crippen LogP contribution in [0.3, 0.4) is 0 Å². The normalized spacial score (nSPS) is 18.6. The fraction of sp³-hybridized carbons (Fsp3) is 0.400. The summed E-state index contributed by atoms with van der Waals surface area (Å²) in [6.45, 7) is 6.44. The number of rotatable bonds is 2. The molecule has 2 aromatic carbocycles. The lowest BCUT2D eigenvalue weighted by Crippen LogP contribution is -2.43. The smallest absolute Gasteiger partial charge is 0.160 e. The third kappa shape index (κ3) is 3.39. The number of anilines is 3. The van der Waals surface area contributed by atoms with Crippen molar-refractivity contribution in [3.05, 3.63) is 53.6 Å². The van der Waals surface area contributed by atoms with Crippen LogP contribution in [-0.2, 0) is 6.54 Å². The Morgan fingerprint density at radius 1 is 0.846 bits per heavy atom. The van der Waals surface area contributed by atoms with Crippen LogP contribution in [0.5, 0.6) is 0 Å². The van der Waals surface area contributed by atoms with Crippen molar-refractivity contribution in [2.45, 2.75) is 6.54 Å². The van der Waals surface area contributed by atoms with Crippen LogP contribution in [0.25, 0.3) is 0 Å². The minimum absolute atomic E-state index is 0.690. The summed E-state index contributed by atoms with van der Waals surface area (Å²) in [7, 11) is 2.09. The minimum atomic E-state index is -0.810. The highest BCUT2D eigenvalue weighted by Gasteiger charge is 2.22. The summed E-state index contributed by atoms with van der Waals surface area (Å²) in [6.07, 6.45) is 0. The van der Waals surface area contributed by atoms with Crippen molar-refractivity contribution in [2.24, 2.45) is 0 Å². The fourth-order valence-electron chi connectivity index (χ4n) is 3.76. The molecule has 0 amide bonds. The lowest BCUT2D eigenvalue weighted by atomic mass is 10.1. The SMILES string of the molecule is CN1CCN(c2ccc(F)c(F)c2)c2ccc(N3CCNCC3)cc2C1. The van der Waals surface area contributed by atoms with Gasteiger partial charge in [0.25, 0.3) is 0 Å². The van der Waals surface area contributed by atoms with Crippen molar-refractivity contribution in [1.29, 1.82) is 0 Å². The number of nitrogens with one attached hydrogen (secondary N) is 1. The van der Waals surface area contributed by atoms with Crippen molar-refractivity contribution in [2.75, 3.05) is 56.1 Å². The second-order valence-electron chi connectivity index (χ2n) is 7.04. The molecule has 0 radical (unpaired) electrons. The highest BCUT2D eigenvalue weighted by Crippen LogP contribution is 2.34. The van der Waals surface area contributed by atoms with Gasteiger partial charge in [-0.25, -0.2) is 8.78 Å². The number of nitrogens with zero attached hydrogens (tertiary/aromatic N) is 3. The van der Waals surface area contributed by atoms with Crippen molar-refractivity contribution in [3.8, 4) is 0 Å². The zero-order valence-corrected chi connectivity index (χ0v) is 15.0. The Labute approximate surface area is 153 Å². The number of benzene rings is 2. The standard InChI is InChI=1S/C20H24F2N4/c1-24-10-11-26(17-2-4-18(21)19(22)13-17)20-5-3-16(12-15(20)14-24)25-8-6-23-7-9-25/h2-5,12-13,23H,6-11,14H2,1H3. The number of likely N-dealkylation sites (N-methyl/N-ethyl adjacent to an activating group) is 1.